The number of nitrogens with zero attached hydrogens (tertiary/aromatic N) is 2. The van der Waals surface area contributed by atoms with E-state index in [-0.39, 0.29) is 29.6 Å². The monoisotopic (exact) mass is 319 g/mol. The zero-order valence-corrected chi connectivity index (χ0v) is 13.7. The molecule has 1 N–H and O–H groups in total. The van der Waals surface area contributed by atoms with Gasteiger partial charge in [-0.1, -0.05) is 0 Å². The molecule has 2 saturated heterocycles. The summed E-state index contributed by atoms with van der Waals surface area (Å²) in [7, 11) is 1.66. The van der Waals surface area contributed by atoms with E-state index in [1.54, 1.807) is 18.9 Å². The van der Waals surface area contributed by atoms with Gasteiger partial charge in [-0.15, -0.1) is 12.4 Å². The minimum atomic E-state index is -0.377. The predicted molar refractivity (Wildman–Crippen MR) is 82.5 cm³/mol. The molecular weight excluding hydrogens is 294 g/mol. The van der Waals surface area contributed by atoms with Crippen LogP contribution in [0.4, 0.5) is 0 Å². The minimum absolute atomic E-state index is 0. The number of halogens is 1. The second-order valence-corrected chi connectivity index (χ2v) is 5.76. The van der Waals surface area contributed by atoms with Crippen LogP contribution in [-0.4, -0.2) is 74.6 Å². The molecule has 2 aliphatic heterocycles. The zero-order chi connectivity index (χ0) is 14.6. The molecule has 0 spiro atoms. The van der Waals surface area contributed by atoms with Crippen LogP contribution in [0.3, 0.4) is 0 Å². The average Bonchev–Trinajstić information content (AvgIpc) is 2.48. The van der Waals surface area contributed by atoms with Crippen molar-refractivity contribution >= 4 is 24.2 Å². The first-order valence-electron chi connectivity index (χ1n) is 7.34. The highest BCUT2D eigenvalue weighted by atomic mass is 35.5. The van der Waals surface area contributed by atoms with E-state index in [4.69, 9.17) is 4.74 Å². The summed E-state index contributed by atoms with van der Waals surface area (Å²) >= 11 is 0. The summed E-state index contributed by atoms with van der Waals surface area (Å²) in [5.41, 5.74) is -0.377. The van der Waals surface area contributed by atoms with Crippen LogP contribution in [0.2, 0.25) is 0 Å². The number of carbonyl (C=O) groups is 2. The van der Waals surface area contributed by atoms with E-state index in [2.05, 4.69) is 5.32 Å². The molecule has 2 heterocycles. The maximum absolute atomic E-state index is 12.9. The van der Waals surface area contributed by atoms with E-state index < -0.39 is 0 Å². The molecule has 0 atom stereocenters. The summed E-state index contributed by atoms with van der Waals surface area (Å²) in [6.07, 6.45) is 1.65. The van der Waals surface area contributed by atoms with E-state index in [0.29, 0.717) is 32.8 Å². The number of hydrogen-bond acceptors (Lipinski definition) is 4. The summed E-state index contributed by atoms with van der Waals surface area (Å²) in [5.74, 6) is 0.287. The van der Waals surface area contributed by atoms with Gasteiger partial charge in [0.2, 0.25) is 11.8 Å². The Bertz CT molecular complexity index is 359. The fraction of sp³-hybridized carbons (Fsp3) is 0.857. The number of methoxy groups -OCH3 is 1. The van der Waals surface area contributed by atoms with Crippen molar-refractivity contribution in [2.75, 3.05) is 53.0 Å². The molecule has 2 rings (SSSR count). The first-order valence-corrected chi connectivity index (χ1v) is 7.34. The normalized spacial score (nSPS) is 21.6. The highest BCUT2D eigenvalue weighted by Crippen LogP contribution is 2.32. The Hall–Kier alpha value is -0.850. The highest BCUT2D eigenvalue weighted by molar-refractivity contribution is 5.85. The molecule has 7 heteroatoms. The summed E-state index contributed by atoms with van der Waals surface area (Å²) in [4.78, 5) is 27.9. The quantitative estimate of drug-likeness (QED) is 0.802. The van der Waals surface area contributed by atoms with Crippen molar-refractivity contribution in [3.63, 3.8) is 0 Å². The first kappa shape index (κ1) is 18.2. The van der Waals surface area contributed by atoms with E-state index >= 15 is 0 Å². The van der Waals surface area contributed by atoms with Gasteiger partial charge in [-0.05, 0) is 25.9 Å². The van der Waals surface area contributed by atoms with Gasteiger partial charge in [-0.25, -0.2) is 0 Å². The van der Waals surface area contributed by atoms with E-state index in [1.807, 2.05) is 4.90 Å². The van der Waals surface area contributed by atoms with Crippen LogP contribution in [-0.2, 0) is 14.3 Å². The number of rotatable bonds is 3. The molecule has 2 aliphatic rings. The number of ether oxygens (including phenoxy) is 1. The van der Waals surface area contributed by atoms with Gasteiger partial charge < -0.3 is 19.9 Å². The number of amides is 2. The maximum Gasteiger partial charge on any atom is 0.231 e. The zero-order valence-electron chi connectivity index (χ0n) is 12.9. The molecule has 122 valence electrons. The Labute approximate surface area is 132 Å². The van der Waals surface area contributed by atoms with E-state index in [1.165, 1.54) is 0 Å². The lowest BCUT2D eigenvalue weighted by Crippen LogP contribution is -2.57. The summed E-state index contributed by atoms with van der Waals surface area (Å²) in [6, 6.07) is 0. The Balaban J connectivity index is 0.00000220. The average molecular weight is 320 g/mol. The molecule has 0 bridgehead atoms. The smallest absolute Gasteiger partial charge is 0.231 e. The molecule has 2 amide bonds. The van der Waals surface area contributed by atoms with Gasteiger partial charge in [-0.3, -0.25) is 9.59 Å². The van der Waals surface area contributed by atoms with Crippen LogP contribution < -0.4 is 5.32 Å². The highest BCUT2D eigenvalue weighted by Gasteiger charge is 2.42. The van der Waals surface area contributed by atoms with Crippen molar-refractivity contribution in [2.45, 2.75) is 19.8 Å². The van der Waals surface area contributed by atoms with Crippen LogP contribution in [0.1, 0.15) is 19.8 Å². The molecule has 0 aromatic heterocycles. The van der Waals surface area contributed by atoms with Gasteiger partial charge in [0.1, 0.15) is 0 Å². The van der Waals surface area contributed by atoms with Gasteiger partial charge in [0.25, 0.3) is 0 Å². The molecule has 0 unspecified atom stereocenters. The third-order valence-corrected chi connectivity index (χ3v) is 4.45. The lowest BCUT2D eigenvalue weighted by atomic mass is 9.78. The molecule has 21 heavy (non-hydrogen) atoms. The topological polar surface area (TPSA) is 61.9 Å². The van der Waals surface area contributed by atoms with Crippen LogP contribution in [0.25, 0.3) is 0 Å². The molecular formula is C14H26ClN3O3. The predicted octanol–water partition coefficient (Wildman–Crippen LogP) is 0.115. The number of piperazine rings is 1. The fourth-order valence-corrected chi connectivity index (χ4v) is 3.16. The molecule has 0 aromatic carbocycles. The number of carbonyl (C=O) groups excluding carboxylic acids is 2. The third kappa shape index (κ3) is 4.08. The fourth-order valence-electron chi connectivity index (χ4n) is 3.16. The second kappa shape index (κ2) is 7.96. The lowest BCUT2D eigenvalue weighted by Gasteiger charge is -2.42. The van der Waals surface area contributed by atoms with Gasteiger partial charge in [0, 0.05) is 40.2 Å². The minimum Gasteiger partial charge on any atom is -0.384 e. The summed E-state index contributed by atoms with van der Waals surface area (Å²) < 4.78 is 5.32. The molecule has 0 saturated carbocycles. The SMILES string of the molecule is COCC1(C(=O)N2CCN(C(C)=O)CC2)CCNCC1.Cl. The van der Waals surface area contributed by atoms with Crippen LogP contribution in [0.5, 0.6) is 0 Å². The number of piperidine rings is 1. The van der Waals surface area contributed by atoms with E-state index in [0.717, 1.165) is 25.9 Å². The van der Waals surface area contributed by atoms with Crippen LogP contribution in [0, 0.1) is 5.41 Å². The maximum atomic E-state index is 12.9. The molecule has 0 aliphatic carbocycles. The molecule has 0 aromatic rings. The molecule has 2 fully saturated rings. The Morgan fingerprint density at radius 2 is 1.62 bits per heavy atom. The number of hydrogen-bond donors (Lipinski definition) is 1. The van der Waals surface area contributed by atoms with Crippen molar-refractivity contribution in [3.8, 4) is 0 Å². The van der Waals surface area contributed by atoms with Gasteiger partial charge in [0.05, 0.1) is 12.0 Å². The van der Waals surface area contributed by atoms with Gasteiger partial charge in [-0.2, -0.15) is 0 Å². The Morgan fingerprint density at radius 3 is 2.10 bits per heavy atom. The molecule has 0 radical (unpaired) electrons. The van der Waals surface area contributed by atoms with Crippen molar-refractivity contribution in [1.82, 2.24) is 15.1 Å². The van der Waals surface area contributed by atoms with Crippen LogP contribution in [0.15, 0.2) is 0 Å². The molecule has 6 nitrogen and oxygen atoms in total. The third-order valence-electron chi connectivity index (χ3n) is 4.45. The summed E-state index contributed by atoms with van der Waals surface area (Å²) in [5, 5.41) is 3.30. The number of nitrogens with one attached hydrogen (secondary N) is 1. The van der Waals surface area contributed by atoms with Gasteiger partial charge in [0.15, 0.2) is 0 Å². The standard InChI is InChI=1S/C14H25N3O3.ClH/c1-12(18)16-7-9-17(10-8-16)13(19)14(11-20-2)3-5-15-6-4-14;/h15H,3-11H2,1-2H3;1H. The lowest BCUT2D eigenvalue weighted by molar-refractivity contribution is -0.151. The Kier molecular flexibility index (Phi) is 6.90. The summed E-state index contributed by atoms with van der Waals surface area (Å²) in [6.45, 7) is 6.35. The van der Waals surface area contributed by atoms with Crippen molar-refractivity contribution in [1.29, 1.82) is 0 Å². The van der Waals surface area contributed by atoms with Crippen molar-refractivity contribution in [3.05, 3.63) is 0 Å². The van der Waals surface area contributed by atoms with E-state index in [9.17, 15) is 9.59 Å². The second-order valence-electron chi connectivity index (χ2n) is 5.76. The van der Waals surface area contributed by atoms with Gasteiger partial charge >= 0.3 is 0 Å². The van der Waals surface area contributed by atoms with Crippen molar-refractivity contribution in [2.24, 2.45) is 5.41 Å². The largest absolute Gasteiger partial charge is 0.384 e. The first-order chi connectivity index (χ1) is 9.59. The van der Waals surface area contributed by atoms with Crippen molar-refractivity contribution < 1.29 is 14.3 Å². The van der Waals surface area contributed by atoms with Crippen LogP contribution >= 0.6 is 12.4 Å². The Morgan fingerprint density at radius 1 is 1.10 bits per heavy atom.